The van der Waals surface area contributed by atoms with E-state index in [-0.39, 0.29) is 0 Å². The molecular formula is C26H34O2. The zero-order valence-electron chi connectivity index (χ0n) is 17.0. The van der Waals surface area contributed by atoms with Crippen LogP contribution in [0.25, 0.3) is 11.1 Å². The fourth-order valence-corrected chi connectivity index (χ4v) is 5.36. The predicted molar refractivity (Wildman–Crippen MR) is 115 cm³/mol. The van der Waals surface area contributed by atoms with Crippen LogP contribution in [0.1, 0.15) is 75.3 Å². The summed E-state index contributed by atoms with van der Waals surface area (Å²) in [5.41, 5.74) is 3.77. The first-order valence-corrected chi connectivity index (χ1v) is 11.2. The number of benzene rings is 2. The number of rotatable bonds is 5. The predicted octanol–water partition coefficient (Wildman–Crippen LogP) is 5.83. The van der Waals surface area contributed by atoms with Gasteiger partial charge in [-0.1, -0.05) is 87.1 Å². The summed E-state index contributed by atoms with van der Waals surface area (Å²) in [6.07, 6.45) is 12.1. The Labute approximate surface area is 169 Å². The lowest BCUT2D eigenvalue weighted by Crippen LogP contribution is -2.34. The van der Waals surface area contributed by atoms with Crippen molar-refractivity contribution in [2.45, 2.75) is 88.3 Å². The van der Waals surface area contributed by atoms with Crippen LogP contribution in [0.15, 0.2) is 48.5 Å². The summed E-state index contributed by atoms with van der Waals surface area (Å²) in [5, 5.41) is 22.3. The van der Waals surface area contributed by atoms with Gasteiger partial charge < -0.3 is 10.2 Å². The Bertz CT molecular complexity index is 715. The van der Waals surface area contributed by atoms with Gasteiger partial charge in [0.25, 0.3) is 0 Å². The summed E-state index contributed by atoms with van der Waals surface area (Å²) in [6.45, 7) is 0. The second kappa shape index (κ2) is 8.39. The standard InChI is InChI=1S/C26H34O2/c27-25(15-7-1-8-16-25)19-21-11-3-5-13-23(21)24-14-6-4-12-22(24)20-26(28)17-9-2-10-18-26/h3-6,11-14,27-28H,1-2,7-10,15-20H2. The maximum atomic E-state index is 11.1. The highest BCUT2D eigenvalue weighted by atomic mass is 16.3. The molecular weight excluding hydrogens is 344 g/mol. The summed E-state index contributed by atoms with van der Waals surface area (Å²) in [5.74, 6) is 0. The van der Waals surface area contributed by atoms with Gasteiger partial charge in [0.1, 0.15) is 0 Å². The molecule has 0 amide bonds. The summed E-state index contributed by atoms with van der Waals surface area (Å²) >= 11 is 0. The Balaban J connectivity index is 1.64. The van der Waals surface area contributed by atoms with Crippen LogP contribution >= 0.6 is 0 Å². The van der Waals surface area contributed by atoms with Crippen LogP contribution in [0.3, 0.4) is 0 Å². The molecule has 28 heavy (non-hydrogen) atoms. The molecule has 0 heterocycles. The average molecular weight is 379 g/mol. The molecule has 0 radical (unpaired) electrons. The summed E-state index contributed by atoms with van der Waals surface area (Å²) in [4.78, 5) is 0. The van der Waals surface area contributed by atoms with Gasteiger partial charge >= 0.3 is 0 Å². The van der Waals surface area contributed by atoms with Crippen molar-refractivity contribution in [3.63, 3.8) is 0 Å². The first-order chi connectivity index (χ1) is 13.6. The molecule has 0 atom stereocenters. The van der Waals surface area contributed by atoms with Gasteiger partial charge in [-0.3, -0.25) is 0 Å². The van der Waals surface area contributed by atoms with Gasteiger partial charge in [-0.2, -0.15) is 0 Å². The third kappa shape index (κ3) is 4.50. The largest absolute Gasteiger partial charge is 0.390 e. The molecule has 4 rings (SSSR count). The number of hydrogen-bond acceptors (Lipinski definition) is 2. The van der Waals surface area contributed by atoms with Crippen LogP contribution in [0.2, 0.25) is 0 Å². The molecule has 0 aromatic heterocycles. The lowest BCUT2D eigenvalue weighted by molar-refractivity contribution is 0.00380. The monoisotopic (exact) mass is 378 g/mol. The molecule has 2 aliphatic carbocycles. The van der Waals surface area contributed by atoms with Gasteiger partial charge in [-0.15, -0.1) is 0 Å². The Kier molecular flexibility index (Phi) is 5.89. The van der Waals surface area contributed by atoms with Crippen molar-refractivity contribution in [1.82, 2.24) is 0 Å². The van der Waals surface area contributed by atoms with Crippen LogP contribution in [0.4, 0.5) is 0 Å². The molecule has 2 N–H and O–H groups in total. The van der Waals surface area contributed by atoms with Crippen LogP contribution < -0.4 is 0 Å². The zero-order chi connectivity index (χ0) is 19.5. The zero-order valence-corrected chi connectivity index (χ0v) is 17.0. The molecule has 2 aromatic rings. The molecule has 0 aliphatic heterocycles. The highest BCUT2D eigenvalue weighted by molar-refractivity contribution is 5.71. The molecule has 2 nitrogen and oxygen atoms in total. The van der Waals surface area contributed by atoms with E-state index in [0.717, 1.165) is 64.2 Å². The molecule has 2 fully saturated rings. The van der Waals surface area contributed by atoms with Gasteiger partial charge in [0, 0.05) is 12.8 Å². The van der Waals surface area contributed by atoms with E-state index in [1.54, 1.807) is 0 Å². The topological polar surface area (TPSA) is 40.5 Å². The molecule has 2 heteroatoms. The van der Waals surface area contributed by atoms with Gasteiger partial charge in [0.05, 0.1) is 11.2 Å². The van der Waals surface area contributed by atoms with E-state index in [1.807, 2.05) is 0 Å². The van der Waals surface area contributed by atoms with Crippen LogP contribution in [0, 0.1) is 0 Å². The van der Waals surface area contributed by atoms with E-state index in [9.17, 15) is 10.2 Å². The lowest BCUT2D eigenvalue weighted by atomic mass is 9.77. The van der Waals surface area contributed by atoms with Crippen LogP contribution in [0.5, 0.6) is 0 Å². The minimum atomic E-state index is -0.565. The molecule has 0 saturated heterocycles. The SMILES string of the molecule is OC1(Cc2ccccc2-c2ccccc2CC2(O)CCCCC2)CCCCC1. The molecule has 0 unspecified atom stereocenters. The highest BCUT2D eigenvalue weighted by Crippen LogP contribution is 2.38. The Morgan fingerprint density at radius 3 is 1.29 bits per heavy atom. The van der Waals surface area contributed by atoms with Crippen molar-refractivity contribution in [2.75, 3.05) is 0 Å². The fraction of sp³-hybridized carbons (Fsp3) is 0.538. The number of hydrogen-bond donors (Lipinski definition) is 2. The smallest absolute Gasteiger partial charge is 0.0688 e. The Morgan fingerprint density at radius 2 is 0.893 bits per heavy atom. The average Bonchev–Trinajstić information content (AvgIpc) is 2.70. The third-order valence-corrected chi connectivity index (χ3v) is 6.93. The van der Waals surface area contributed by atoms with Gasteiger partial charge in [0.2, 0.25) is 0 Å². The molecule has 0 bridgehead atoms. The first kappa shape index (κ1) is 19.7. The van der Waals surface area contributed by atoms with E-state index in [1.165, 1.54) is 35.1 Å². The van der Waals surface area contributed by atoms with E-state index in [2.05, 4.69) is 48.5 Å². The molecule has 2 aliphatic rings. The summed E-state index contributed by atoms with van der Waals surface area (Å²) < 4.78 is 0. The molecule has 150 valence electrons. The molecule has 2 aromatic carbocycles. The minimum absolute atomic E-state index is 0.565. The quantitative estimate of drug-likeness (QED) is 0.687. The van der Waals surface area contributed by atoms with Crippen LogP contribution in [-0.2, 0) is 12.8 Å². The van der Waals surface area contributed by atoms with Gasteiger partial charge in [-0.25, -0.2) is 0 Å². The maximum absolute atomic E-state index is 11.1. The first-order valence-electron chi connectivity index (χ1n) is 11.2. The maximum Gasteiger partial charge on any atom is 0.0688 e. The van der Waals surface area contributed by atoms with Crippen molar-refractivity contribution in [3.8, 4) is 11.1 Å². The van der Waals surface area contributed by atoms with E-state index in [0.29, 0.717) is 0 Å². The van der Waals surface area contributed by atoms with Crippen LogP contribution in [-0.4, -0.2) is 21.4 Å². The van der Waals surface area contributed by atoms with Gasteiger partial charge in [0.15, 0.2) is 0 Å². The minimum Gasteiger partial charge on any atom is -0.390 e. The second-order valence-corrected chi connectivity index (χ2v) is 9.24. The van der Waals surface area contributed by atoms with E-state index < -0.39 is 11.2 Å². The summed E-state index contributed by atoms with van der Waals surface area (Å²) in [6, 6.07) is 17.1. The number of aliphatic hydroxyl groups is 2. The Morgan fingerprint density at radius 1 is 0.536 bits per heavy atom. The van der Waals surface area contributed by atoms with Crippen molar-refractivity contribution in [2.24, 2.45) is 0 Å². The third-order valence-electron chi connectivity index (χ3n) is 6.93. The second-order valence-electron chi connectivity index (χ2n) is 9.24. The van der Waals surface area contributed by atoms with Gasteiger partial charge in [-0.05, 0) is 47.9 Å². The van der Waals surface area contributed by atoms with Crippen molar-refractivity contribution < 1.29 is 10.2 Å². The summed E-state index contributed by atoms with van der Waals surface area (Å²) in [7, 11) is 0. The van der Waals surface area contributed by atoms with Crippen molar-refractivity contribution in [1.29, 1.82) is 0 Å². The molecule has 0 spiro atoms. The van der Waals surface area contributed by atoms with Crippen molar-refractivity contribution in [3.05, 3.63) is 59.7 Å². The normalized spacial score (nSPS) is 21.4. The van der Waals surface area contributed by atoms with E-state index >= 15 is 0 Å². The molecule has 2 saturated carbocycles. The lowest BCUT2D eigenvalue weighted by Gasteiger charge is -2.34. The highest BCUT2D eigenvalue weighted by Gasteiger charge is 2.32. The Hall–Kier alpha value is -1.64. The fourth-order valence-electron chi connectivity index (χ4n) is 5.36. The van der Waals surface area contributed by atoms with Crippen molar-refractivity contribution >= 4 is 0 Å². The van der Waals surface area contributed by atoms with E-state index in [4.69, 9.17) is 0 Å².